The van der Waals surface area contributed by atoms with E-state index >= 15 is 0 Å². The van der Waals surface area contributed by atoms with Gasteiger partial charge in [0, 0.05) is 12.6 Å². The first-order valence-electron chi connectivity index (χ1n) is 4.43. The molecule has 0 aliphatic rings. The Morgan fingerprint density at radius 3 is 3.14 bits per heavy atom. The Hall–Kier alpha value is -1.60. The molecule has 0 amide bonds. The second-order valence-corrected chi connectivity index (χ2v) is 2.92. The van der Waals surface area contributed by atoms with Crippen LogP contribution in [0.4, 0.5) is 0 Å². The highest BCUT2D eigenvalue weighted by molar-refractivity contribution is 4.97. The van der Waals surface area contributed by atoms with Gasteiger partial charge in [-0.25, -0.2) is 4.68 Å². The number of terminal acetylenes is 1. The summed E-state index contributed by atoms with van der Waals surface area (Å²) >= 11 is 0. The smallest absolute Gasteiger partial charge is 0.266 e. The van der Waals surface area contributed by atoms with E-state index in [0.717, 1.165) is 5.69 Å². The zero-order chi connectivity index (χ0) is 10.4. The molecule has 1 N–H and O–H groups in total. The Labute approximate surface area is 82.9 Å². The van der Waals surface area contributed by atoms with Crippen molar-refractivity contribution >= 4 is 0 Å². The summed E-state index contributed by atoms with van der Waals surface area (Å²) in [6, 6.07) is 3.22. The molecule has 0 spiro atoms. The lowest BCUT2D eigenvalue weighted by Crippen LogP contribution is -2.28. The zero-order valence-corrected chi connectivity index (χ0v) is 8.16. The topological polar surface area (TPSA) is 46.9 Å². The molecule has 0 saturated heterocycles. The summed E-state index contributed by atoms with van der Waals surface area (Å²) < 4.78 is 1.43. The molecule has 4 heteroatoms. The molecule has 1 heterocycles. The molecular weight excluding hydrogens is 178 g/mol. The van der Waals surface area contributed by atoms with Crippen molar-refractivity contribution in [2.75, 3.05) is 13.1 Å². The van der Waals surface area contributed by atoms with E-state index in [0.29, 0.717) is 19.6 Å². The molecule has 0 fully saturated rings. The monoisotopic (exact) mass is 191 g/mol. The Bertz CT molecular complexity index is 389. The van der Waals surface area contributed by atoms with Gasteiger partial charge in [0.25, 0.3) is 5.56 Å². The van der Waals surface area contributed by atoms with Crippen LogP contribution in [-0.2, 0) is 6.54 Å². The third kappa shape index (κ3) is 3.04. The summed E-state index contributed by atoms with van der Waals surface area (Å²) in [7, 11) is 0. The fraction of sp³-hybridized carbons (Fsp3) is 0.400. The molecule has 0 unspecified atom stereocenters. The molecular formula is C10H13N3O. The van der Waals surface area contributed by atoms with Gasteiger partial charge >= 0.3 is 0 Å². The second kappa shape index (κ2) is 5.20. The van der Waals surface area contributed by atoms with Crippen LogP contribution < -0.4 is 10.9 Å². The maximum atomic E-state index is 11.3. The number of nitrogens with one attached hydrogen (secondary N) is 1. The van der Waals surface area contributed by atoms with E-state index in [1.165, 1.54) is 10.7 Å². The van der Waals surface area contributed by atoms with Gasteiger partial charge in [0.2, 0.25) is 0 Å². The fourth-order valence-electron chi connectivity index (χ4n) is 1.06. The first-order valence-corrected chi connectivity index (χ1v) is 4.43. The number of aryl methyl sites for hydroxylation is 1. The van der Waals surface area contributed by atoms with Gasteiger partial charge in [-0.1, -0.05) is 5.92 Å². The predicted molar refractivity (Wildman–Crippen MR) is 54.9 cm³/mol. The number of aromatic nitrogens is 2. The van der Waals surface area contributed by atoms with E-state index < -0.39 is 0 Å². The quantitative estimate of drug-likeness (QED) is 0.528. The van der Waals surface area contributed by atoms with E-state index in [1.54, 1.807) is 6.07 Å². The molecule has 0 aliphatic carbocycles. The largest absolute Gasteiger partial charge is 0.304 e. The van der Waals surface area contributed by atoms with Crippen LogP contribution >= 0.6 is 0 Å². The molecule has 0 aliphatic heterocycles. The van der Waals surface area contributed by atoms with Crippen molar-refractivity contribution in [3.63, 3.8) is 0 Å². The standard InChI is InChI=1S/C10H13N3O/c1-3-6-11-7-8-13-10(14)5-4-9(2)12-13/h1,4-5,11H,6-8H2,2H3. The summed E-state index contributed by atoms with van der Waals surface area (Å²) in [5, 5.41) is 7.08. The average Bonchev–Trinajstić information content (AvgIpc) is 2.18. The van der Waals surface area contributed by atoms with Crippen LogP contribution in [0.15, 0.2) is 16.9 Å². The molecule has 1 aromatic rings. The fourth-order valence-corrected chi connectivity index (χ4v) is 1.06. The molecule has 14 heavy (non-hydrogen) atoms. The average molecular weight is 191 g/mol. The number of nitrogens with zero attached hydrogens (tertiary/aromatic N) is 2. The van der Waals surface area contributed by atoms with Gasteiger partial charge in [0.05, 0.1) is 18.8 Å². The minimum absolute atomic E-state index is 0.0851. The van der Waals surface area contributed by atoms with E-state index in [2.05, 4.69) is 16.3 Å². The molecule has 74 valence electrons. The van der Waals surface area contributed by atoms with Gasteiger partial charge in [0.15, 0.2) is 0 Å². The van der Waals surface area contributed by atoms with E-state index in [1.807, 2.05) is 6.92 Å². The molecule has 1 rings (SSSR count). The third-order valence-corrected chi connectivity index (χ3v) is 1.73. The van der Waals surface area contributed by atoms with Crippen molar-refractivity contribution in [3.05, 3.63) is 28.2 Å². The van der Waals surface area contributed by atoms with Crippen molar-refractivity contribution < 1.29 is 0 Å². The number of hydrogen-bond donors (Lipinski definition) is 1. The maximum Gasteiger partial charge on any atom is 0.266 e. The molecule has 0 radical (unpaired) electrons. The van der Waals surface area contributed by atoms with Crippen molar-refractivity contribution in [3.8, 4) is 12.3 Å². The van der Waals surface area contributed by atoms with Crippen LogP contribution in [0.1, 0.15) is 5.69 Å². The molecule has 0 aromatic carbocycles. The molecule has 0 saturated carbocycles. The summed E-state index contributed by atoms with van der Waals surface area (Å²) in [6.45, 7) is 3.56. The highest BCUT2D eigenvalue weighted by Crippen LogP contribution is 1.84. The minimum Gasteiger partial charge on any atom is -0.304 e. The van der Waals surface area contributed by atoms with Crippen LogP contribution in [0, 0.1) is 19.3 Å². The second-order valence-electron chi connectivity index (χ2n) is 2.92. The Balaban J connectivity index is 2.55. The SMILES string of the molecule is C#CCNCCn1nc(C)ccc1=O. The van der Waals surface area contributed by atoms with Crippen molar-refractivity contribution in [1.82, 2.24) is 15.1 Å². The van der Waals surface area contributed by atoms with Gasteiger partial charge in [-0.2, -0.15) is 5.10 Å². The van der Waals surface area contributed by atoms with Crippen molar-refractivity contribution in [2.24, 2.45) is 0 Å². The van der Waals surface area contributed by atoms with Gasteiger partial charge in [-0.15, -0.1) is 6.42 Å². The maximum absolute atomic E-state index is 11.3. The summed E-state index contributed by atoms with van der Waals surface area (Å²) in [5.41, 5.74) is 0.750. The number of hydrogen-bond acceptors (Lipinski definition) is 3. The lowest BCUT2D eigenvalue weighted by molar-refractivity contribution is 0.542. The summed E-state index contributed by atoms with van der Waals surface area (Å²) in [4.78, 5) is 11.3. The van der Waals surface area contributed by atoms with E-state index in [9.17, 15) is 4.79 Å². The molecule has 1 aromatic heterocycles. The lowest BCUT2D eigenvalue weighted by atomic mass is 10.4. The molecule has 0 bridgehead atoms. The highest BCUT2D eigenvalue weighted by Gasteiger charge is 1.96. The van der Waals surface area contributed by atoms with Crippen molar-refractivity contribution in [2.45, 2.75) is 13.5 Å². The van der Waals surface area contributed by atoms with E-state index in [-0.39, 0.29) is 5.56 Å². The number of rotatable bonds is 4. The van der Waals surface area contributed by atoms with Crippen LogP contribution in [-0.4, -0.2) is 22.9 Å². The van der Waals surface area contributed by atoms with Gasteiger partial charge in [0.1, 0.15) is 0 Å². The van der Waals surface area contributed by atoms with Gasteiger partial charge < -0.3 is 5.32 Å². The first-order chi connectivity index (χ1) is 6.74. The third-order valence-electron chi connectivity index (χ3n) is 1.73. The highest BCUT2D eigenvalue weighted by atomic mass is 16.1. The van der Waals surface area contributed by atoms with Crippen LogP contribution in [0.3, 0.4) is 0 Å². The lowest BCUT2D eigenvalue weighted by Gasteiger charge is -2.04. The van der Waals surface area contributed by atoms with Crippen LogP contribution in [0.5, 0.6) is 0 Å². The van der Waals surface area contributed by atoms with Crippen molar-refractivity contribution in [1.29, 1.82) is 0 Å². The molecule has 0 atom stereocenters. The first kappa shape index (κ1) is 10.5. The minimum atomic E-state index is -0.0851. The normalized spacial score (nSPS) is 9.71. The van der Waals surface area contributed by atoms with Gasteiger partial charge in [-0.3, -0.25) is 4.79 Å². The Morgan fingerprint density at radius 1 is 1.64 bits per heavy atom. The molecule has 4 nitrogen and oxygen atoms in total. The Kier molecular flexibility index (Phi) is 3.89. The Morgan fingerprint density at radius 2 is 2.43 bits per heavy atom. The van der Waals surface area contributed by atoms with Crippen LogP contribution in [0.25, 0.3) is 0 Å². The van der Waals surface area contributed by atoms with E-state index in [4.69, 9.17) is 6.42 Å². The van der Waals surface area contributed by atoms with Crippen LogP contribution in [0.2, 0.25) is 0 Å². The zero-order valence-electron chi connectivity index (χ0n) is 8.16. The predicted octanol–water partition coefficient (Wildman–Crippen LogP) is -0.225. The summed E-state index contributed by atoms with van der Waals surface area (Å²) in [5.74, 6) is 2.46. The van der Waals surface area contributed by atoms with Gasteiger partial charge in [-0.05, 0) is 13.0 Å². The summed E-state index contributed by atoms with van der Waals surface area (Å²) in [6.07, 6.45) is 5.07.